The molecule has 0 radical (unpaired) electrons. The maximum atomic E-state index is 11.9. The van der Waals surface area contributed by atoms with Crippen LogP contribution in [0.15, 0.2) is 53.6 Å². The van der Waals surface area contributed by atoms with Crippen LogP contribution in [0, 0.1) is 0 Å². The molecule has 2 aromatic carbocycles. The van der Waals surface area contributed by atoms with Crippen molar-refractivity contribution in [1.82, 2.24) is 5.43 Å². The van der Waals surface area contributed by atoms with E-state index in [0.29, 0.717) is 17.9 Å². The van der Waals surface area contributed by atoms with E-state index in [1.54, 1.807) is 0 Å². The van der Waals surface area contributed by atoms with Crippen molar-refractivity contribution in [2.75, 3.05) is 6.61 Å². The lowest BCUT2D eigenvalue weighted by molar-refractivity contribution is 0.0955. The number of nitrogens with one attached hydrogen (secondary N) is 1. The van der Waals surface area contributed by atoms with E-state index in [1.165, 1.54) is 24.3 Å². The third-order valence-electron chi connectivity index (χ3n) is 3.04. The number of rotatable bonds is 5. The van der Waals surface area contributed by atoms with Crippen LogP contribution in [0.1, 0.15) is 29.8 Å². The summed E-state index contributed by atoms with van der Waals surface area (Å²) in [6.45, 7) is 4.36. The van der Waals surface area contributed by atoms with Crippen LogP contribution in [0.2, 0.25) is 0 Å². The Hall–Kier alpha value is -2.82. The largest absolute Gasteiger partial charge is 0.508 e. The van der Waals surface area contributed by atoms with Gasteiger partial charge in [0.2, 0.25) is 0 Å². The molecule has 114 valence electrons. The minimum atomic E-state index is -0.328. The Morgan fingerprint density at radius 1 is 1.09 bits per heavy atom. The molecule has 0 aliphatic rings. The van der Waals surface area contributed by atoms with E-state index in [-0.39, 0.29) is 11.7 Å². The van der Waals surface area contributed by atoms with Crippen LogP contribution in [-0.4, -0.2) is 23.3 Å². The minimum absolute atomic E-state index is 0.116. The van der Waals surface area contributed by atoms with Crippen LogP contribution in [0.5, 0.6) is 11.5 Å². The minimum Gasteiger partial charge on any atom is -0.508 e. The Morgan fingerprint density at radius 3 is 2.27 bits per heavy atom. The Bertz CT molecular complexity index is 661. The van der Waals surface area contributed by atoms with E-state index < -0.39 is 0 Å². The van der Waals surface area contributed by atoms with Crippen LogP contribution in [0.3, 0.4) is 0 Å². The molecule has 0 atom stereocenters. The van der Waals surface area contributed by atoms with Crippen molar-refractivity contribution in [3.8, 4) is 11.5 Å². The average Bonchev–Trinajstić information content (AvgIpc) is 2.54. The molecule has 5 nitrogen and oxygen atoms in total. The first kappa shape index (κ1) is 15.6. The molecular weight excluding hydrogens is 280 g/mol. The van der Waals surface area contributed by atoms with Gasteiger partial charge in [-0.2, -0.15) is 5.10 Å². The van der Waals surface area contributed by atoms with Gasteiger partial charge in [-0.25, -0.2) is 5.43 Å². The van der Waals surface area contributed by atoms with Crippen LogP contribution in [0.4, 0.5) is 0 Å². The molecule has 0 aromatic heterocycles. The Balaban J connectivity index is 2.02. The summed E-state index contributed by atoms with van der Waals surface area (Å²) in [6, 6.07) is 13.5. The molecule has 1 amide bonds. The number of ether oxygens (including phenoxy) is 1. The molecule has 0 aliphatic carbocycles. The first-order chi connectivity index (χ1) is 10.6. The summed E-state index contributed by atoms with van der Waals surface area (Å²) in [5.74, 6) is 0.586. The second-order valence-electron chi connectivity index (χ2n) is 4.64. The quantitative estimate of drug-likeness (QED) is 0.658. The molecule has 2 rings (SSSR count). The zero-order valence-electron chi connectivity index (χ0n) is 12.5. The molecular formula is C17H18N2O3. The number of nitrogens with zero attached hydrogens (tertiary/aromatic N) is 1. The summed E-state index contributed by atoms with van der Waals surface area (Å²) in [7, 11) is 0. The number of carbonyl (C=O) groups excluding carboxylic acids is 1. The van der Waals surface area contributed by atoms with Crippen molar-refractivity contribution < 1.29 is 14.6 Å². The molecule has 0 saturated heterocycles. The van der Waals surface area contributed by atoms with E-state index in [9.17, 15) is 9.90 Å². The fourth-order valence-electron chi connectivity index (χ4n) is 1.84. The van der Waals surface area contributed by atoms with Crippen LogP contribution < -0.4 is 10.2 Å². The van der Waals surface area contributed by atoms with Gasteiger partial charge in [-0.15, -0.1) is 0 Å². The van der Waals surface area contributed by atoms with Crippen molar-refractivity contribution in [2.24, 2.45) is 5.10 Å². The number of amides is 1. The highest BCUT2D eigenvalue weighted by Gasteiger charge is 2.05. The Labute approximate surface area is 129 Å². The van der Waals surface area contributed by atoms with Gasteiger partial charge in [-0.3, -0.25) is 4.79 Å². The van der Waals surface area contributed by atoms with Gasteiger partial charge in [-0.05, 0) is 67.9 Å². The van der Waals surface area contributed by atoms with Gasteiger partial charge in [0.15, 0.2) is 0 Å². The second kappa shape index (κ2) is 7.26. The monoisotopic (exact) mass is 298 g/mol. The van der Waals surface area contributed by atoms with E-state index >= 15 is 0 Å². The highest BCUT2D eigenvalue weighted by Crippen LogP contribution is 2.13. The zero-order valence-corrected chi connectivity index (χ0v) is 12.5. The summed E-state index contributed by atoms with van der Waals surface area (Å²) in [5, 5.41) is 13.3. The normalized spacial score (nSPS) is 11.1. The molecule has 0 unspecified atom stereocenters. The molecule has 2 aromatic rings. The van der Waals surface area contributed by atoms with Crippen LogP contribution in [0.25, 0.3) is 0 Å². The molecule has 0 bridgehead atoms. The van der Waals surface area contributed by atoms with Crippen molar-refractivity contribution in [3.63, 3.8) is 0 Å². The highest BCUT2D eigenvalue weighted by molar-refractivity contribution is 6.00. The first-order valence-corrected chi connectivity index (χ1v) is 6.97. The number of phenolic OH excluding ortho intramolecular Hbond substituents is 1. The molecule has 5 heteroatoms. The number of aromatic hydroxyl groups is 1. The third kappa shape index (κ3) is 4.09. The lowest BCUT2D eigenvalue weighted by Crippen LogP contribution is -2.19. The summed E-state index contributed by atoms with van der Waals surface area (Å²) in [5.41, 5.74) is 4.51. The van der Waals surface area contributed by atoms with Crippen molar-refractivity contribution in [2.45, 2.75) is 13.8 Å². The van der Waals surface area contributed by atoms with Crippen LogP contribution in [-0.2, 0) is 0 Å². The standard InChI is InChI=1S/C17H18N2O3/c1-3-22-16-10-6-13(7-11-16)12(2)18-19-17(21)14-4-8-15(20)9-5-14/h4-11,20H,3H2,1-2H3,(H,19,21)/b18-12-. The zero-order chi connectivity index (χ0) is 15.9. The van der Waals surface area contributed by atoms with Gasteiger partial charge in [0.25, 0.3) is 5.91 Å². The number of hydrogen-bond donors (Lipinski definition) is 2. The number of hydrazone groups is 1. The molecule has 0 saturated carbocycles. The van der Waals surface area contributed by atoms with Gasteiger partial charge >= 0.3 is 0 Å². The van der Waals surface area contributed by atoms with Gasteiger partial charge < -0.3 is 9.84 Å². The third-order valence-corrected chi connectivity index (χ3v) is 3.04. The molecule has 0 fully saturated rings. The van der Waals surface area contributed by atoms with E-state index in [0.717, 1.165) is 11.3 Å². The summed E-state index contributed by atoms with van der Waals surface area (Å²) in [6.07, 6.45) is 0. The fourth-order valence-corrected chi connectivity index (χ4v) is 1.84. The average molecular weight is 298 g/mol. The number of phenols is 1. The second-order valence-corrected chi connectivity index (χ2v) is 4.64. The van der Waals surface area contributed by atoms with E-state index in [4.69, 9.17) is 4.74 Å². The van der Waals surface area contributed by atoms with Crippen molar-refractivity contribution >= 4 is 11.6 Å². The summed E-state index contributed by atoms with van der Waals surface area (Å²) in [4.78, 5) is 11.9. The Morgan fingerprint density at radius 2 is 1.68 bits per heavy atom. The Kier molecular flexibility index (Phi) is 5.14. The van der Waals surface area contributed by atoms with Crippen LogP contribution >= 0.6 is 0 Å². The lowest BCUT2D eigenvalue weighted by atomic mass is 10.1. The smallest absolute Gasteiger partial charge is 0.271 e. The van der Waals surface area contributed by atoms with Gasteiger partial charge in [0, 0.05) is 5.56 Å². The lowest BCUT2D eigenvalue weighted by Gasteiger charge is -2.05. The molecule has 0 heterocycles. The number of carbonyl (C=O) groups is 1. The SMILES string of the molecule is CCOc1ccc(/C(C)=N\NC(=O)c2ccc(O)cc2)cc1. The maximum Gasteiger partial charge on any atom is 0.271 e. The molecule has 0 aliphatic heterocycles. The molecule has 22 heavy (non-hydrogen) atoms. The predicted molar refractivity (Wildman–Crippen MR) is 85.4 cm³/mol. The maximum absolute atomic E-state index is 11.9. The molecule has 2 N–H and O–H groups in total. The fraction of sp³-hybridized carbons (Fsp3) is 0.176. The van der Waals surface area contributed by atoms with Crippen molar-refractivity contribution in [3.05, 3.63) is 59.7 Å². The molecule has 0 spiro atoms. The first-order valence-electron chi connectivity index (χ1n) is 6.97. The van der Waals surface area contributed by atoms with Gasteiger partial charge in [0.1, 0.15) is 11.5 Å². The van der Waals surface area contributed by atoms with Gasteiger partial charge in [0.05, 0.1) is 12.3 Å². The summed E-state index contributed by atoms with van der Waals surface area (Å²) >= 11 is 0. The van der Waals surface area contributed by atoms with E-state index in [1.807, 2.05) is 38.1 Å². The summed E-state index contributed by atoms with van der Waals surface area (Å²) < 4.78 is 5.38. The highest BCUT2D eigenvalue weighted by atomic mass is 16.5. The number of benzene rings is 2. The topological polar surface area (TPSA) is 70.9 Å². The predicted octanol–water partition coefficient (Wildman–Crippen LogP) is 2.94. The van der Waals surface area contributed by atoms with E-state index in [2.05, 4.69) is 10.5 Å². The van der Waals surface area contributed by atoms with Crippen molar-refractivity contribution in [1.29, 1.82) is 0 Å². The number of hydrogen-bond acceptors (Lipinski definition) is 4. The van der Waals surface area contributed by atoms with Gasteiger partial charge in [-0.1, -0.05) is 0 Å².